The van der Waals surface area contributed by atoms with Crippen LogP contribution in [0.4, 0.5) is 4.53 Å². The number of esters is 1. The van der Waals surface area contributed by atoms with Gasteiger partial charge in [0, 0.05) is 10.1 Å². The Morgan fingerprint density at radius 2 is 1.95 bits per heavy atom. The number of hydrogen-bond acceptors (Lipinski definition) is 6. The van der Waals surface area contributed by atoms with Gasteiger partial charge >= 0.3 is 17.9 Å². The summed E-state index contributed by atoms with van der Waals surface area (Å²) in [7, 11) is 0. The molecule has 21 heavy (non-hydrogen) atoms. The Hall–Kier alpha value is -2.48. The summed E-state index contributed by atoms with van der Waals surface area (Å²) in [4.78, 5) is 36.9. The second kappa shape index (κ2) is 5.88. The van der Waals surface area contributed by atoms with Crippen LogP contribution in [0.5, 0.6) is 0 Å². The number of rotatable bonds is 5. The predicted molar refractivity (Wildman–Crippen MR) is 63.2 cm³/mol. The third-order valence-electron chi connectivity index (χ3n) is 2.94. The first-order valence-electron chi connectivity index (χ1n) is 5.94. The van der Waals surface area contributed by atoms with Crippen molar-refractivity contribution in [3.05, 3.63) is 35.9 Å². The van der Waals surface area contributed by atoms with E-state index in [1.165, 1.54) is 0 Å². The monoisotopic (exact) mass is 298 g/mol. The fraction of sp³-hybridized carbons (Fsp3) is 0.308. The van der Waals surface area contributed by atoms with Gasteiger partial charge in [-0.1, -0.05) is 30.3 Å². The average Bonchev–Trinajstić information content (AvgIpc) is 2.76. The van der Waals surface area contributed by atoms with Gasteiger partial charge in [-0.05, 0) is 0 Å². The van der Waals surface area contributed by atoms with Gasteiger partial charge < -0.3 is 14.6 Å². The smallest absolute Gasteiger partial charge is 0.352 e. The average molecular weight is 298 g/mol. The largest absolute Gasteiger partial charge is 0.481 e. The summed E-state index contributed by atoms with van der Waals surface area (Å²) >= 11 is 0. The van der Waals surface area contributed by atoms with E-state index in [0.29, 0.717) is 5.56 Å². The third kappa shape index (κ3) is 3.16. The number of hydrogen-bond donors (Lipinski definition) is 1. The van der Waals surface area contributed by atoms with Crippen LogP contribution in [0.3, 0.4) is 0 Å². The zero-order valence-corrected chi connectivity index (χ0v) is 10.7. The molecule has 0 amide bonds. The van der Waals surface area contributed by atoms with Gasteiger partial charge in [0.15, 0.2) is 5.60 Å². The summed E-state index contributed by atoms with van der Waals surface area (Å²) < 4.78 is 22.2. The second-order valence-corrected chi connectivity index (χ2v) is 4.46. The lowest BCUT2D eigenvalue weighted by Gasteiger charge is -2.20. The molecule has 1 heterocycles. The van der Waals surface area contributed by atoms with E-state index in [1.807, 2.05) is 0 Å². The lowest BCUT2D eigenvalue weighted by Crippen LogP contribution is -2.41. The summed E-state index contributed by atoms with van der Waals surface area (Å²) in [6, 6.07) is 8.26. The lowest BCUT2D eigenvalue weighted by atomic mass is 9.96. The molecule has 1 aliphatic heterocycles. The second-order valence-electron chi connectivity index (χ2n) is 4.46. The SMILES string of the molecule is O=C(O)CC1(CC(=O)OF)OC(c2ccccc2)OC1=O. The minimum atomic E-state index is -2.10. The maximum absolute atomic E-state index is 11.9. The quantitative estimate of drug-likeness (QED) is 0.817. The van der Waals surface area contributed by atoms with Crippen molar-refractivity contribution >= 4 is 17.9 Å². The van der Waals surface area contributed by atoms with Crippen LogP contribution in [0.15, 0.2) is 30.3 Å². The van der Waals surface area contributed by atoms with Crippen molar-refractivity contribution in [2.45, 2.75) is 24.7 Å². The van der Waals surface area contributed by atoms with E-state index in [1.54, 1.807) is 30.3 Å². The molecule has 8 heteroatoms. The molecule has 2 unspecified atom stereocenters. The fourth-order valence-corrected chi connectivity index (χ4v) is 2.02. The molecule has 2 rings (SSSR count). The zero-order chi connectivity index (χ0) is 15.5. The van der Waals surface area contributed by atoms with Gasteiger partial charge in [0.05, 0.1) is 12.8 Å². The Balaban J connectivity index is 2.26. The Morgan fingerprint density at radius 1 is 1.29 bits per heavy atom. The first-order chi connectivity index (χ1) is 9.97. The van der Waals surface area contributed by atoms with Crippen LogP contribution in [0.1, 0.15) is 24.7 Å². The van der Waals surface area contributed by atoms with Crippen LogP contribution in [-0.2, 0) is 28.8 Å². The molecule has 7 nitrogen and oxygen atoms in total. The molecule has 1 aliphatic rings. The van der Waals surface area contributed by atoms with Gasteiger partial charge in [-0.25, -0.2) is 9.59 Å². The molecule has 0 radical (unpaired) electrons. The van der Waals surface area contributed by atoms with Crippen LogP contribution >= 0.6 is 0 Å². The number of aliphatic carboxylic acids is 1. The van der Waals surface area contributed by atoms with E-state index in [0.717, 1.165) is 0 Å². The van der Waals surface area contributed by atoms with Crippen molar-refractivity contribution < 1.29 is 38.4 Å². The molecule has 1 saturated heterocycles. The Morgan fingerprint density at radius 3 is 2.52 bits per heavy atom. The molecule has 2 atom stereocenters. The number of halogens is 1. The Kier molecular flexibility index (Phi) is 4.18. The Bertz CT molecular complexity index is 559. The number of carboxylic acids is 1. The van der Waals surface area contributed by atoms with Crippen LogP contribution in [0.2, 0.25) is 0 Å². The van der Waals surface area contributed by atoms with E-state index < -0.39 is 42.6 Å². The first kappa shape index (κ1) is 14.9. The highest BCUT2D eigenvalue weighted by Gasteiger charge is 2.54. The maximum Gasteiger partial charge on any atom is 0.352 e. The molecule has 1 N–H and O–H groups in total. The van der Waals surface area contributed by atoms with E-state index in [9.17, 15) is 18.9 Å². The molecular formula is C13H11FO7. The number of cyclic esters (lactones) is 1. The van der Waals surface area contributed by atoms with E-state index >= 15 is 0 Å². The number of ether oxygens (including phenoxy) is 2. The van der Waals surface area contributed by atoms with Crippen LogP contribution in [-0.4, -0.2) is 28.6 Å². The number of carbonyl (C=O) groups excluding carboxylic acids is 2. The van der Waals surface area contributed by atoms with Crippen molar-refractivity contribution in [2.24, 2.45) is 0 Å². The highest BCUT2D eigenvalue weighted by molar-refractivity contribution is 5.91. The van der Waals surface area contributed by atoms with Crippen molar-refractivity contribution in [2.75, 3.05) is 0 Å². The van der Waals surface area contributed by atoms with E-state index in [4.69, 9.17) is 14.6 Å². The van der Waals surface area contributed by atoms with E-state index in [-0.39, 0.29) is 0 Å². The van der Waals surface area contributed by atoms with Crippen molar-refractivity contribution in [1.82, 2.24) is 0 Å². The molecule has 0 aliphatic carbocycles. The molecule has 0 saturated carbocycles. The van der Waals surface area contributed by atoms with Gasteiger partial charge in [0.2, 0.25) is 6.29 Å². The van der Waals surface area contributed by atoms with Gasteiger partial charge in [-0.3, -0.25) is 9.74 Å². The van der Waals surface area contributed by atoms with Crippen LogP contribution < -0.4 is 0 Å². The summed E-state index contributed by atoms with van der Waals surface area (Å²) in [5, 5.41) is 8.87. The third-order valence-corrected chi connectivity index (χ3v) is 2.94. The Labute approximate surface area is 118 Å². The molecule has 112 valence electrons. The molecule has 1 fully saturated rings. The number of carbonyl (C=O) groups is 3. The maximum atomic E-state index is 11.9. The molecule has 0 aromatic heterocycles. The topological polar surface area (TPSA) is 99.1 Å². The van der Waals surface area contributed by atoms with Crippen molar-refractivity contribution in [3.8, 4) is 0 Å². The van der Waals surface area contributed by atoms with Gasteiger partial charge in [-0.2, -0.15) is 0 Å². The summed E-state index contributed by atoms with van der Waals surface area (Å²) in [5.41, 5.74) is -1.64. The molecule has 1 aromatic carbocycles. The van der Waals surface area contributed by atoms with Crippen molar-refractivity contribution in [1.29, 1.82) is 0 Å². The minimum Gasteiger partial charge on any atom is -0.481 e. The summed E-state index contributed by atoms with van der Waals surface area (Å²) in [5.74, 6) is -3.86. The highest BCUT2D eigenvalue weighted by atomic mass is 19.3. The van der Waals surface area contributed by atoms with Gasteiger partial charge in [-0.15, -0.1) is 0 Å². The van der Waals surface area contributed by atoms with E-state index in [2.05, 4.69) is 4.94 Å². The lowest BCUT2D eigenvalue weighted by molar-refractivity contribution is -0.192. The molecule has 0 spiro atoms. The predicted octanol–water partition coefficient (Wildman–Crippen LogP) is 1.29. The fourth-order valence-electron chi connectivity index (χ4n) is 2.02. The van der Waals surface area contributed by atoms with Gasteiger partial charge in [0.25, 0.3) is 0 Å². The van der Waals surface area contributed by atoms with Gasteiger partial charge in [0.1, 0.15) is 0 Å². The van der Waals surface area contributed by atoms with Crippen LogP contribution in [0, 0.1) is 0 Å². The molecule has 1 aromatic rings. The minimum absolute atomic E-state index is 0.465. The molecule has 0 bridgehead atoms. The number of carboxylic acid groups (broad SMARTS) is 1. The van der Waals surface area contributed by atoms with Crippen molar-refractivity contribution in [3.63, 3.8) is 0 Å². The molecular weight excluding hydrogens is 287 g/mol. The number of benzene rings is 1. The normalized spacial score (nSPS) is 24.4. The zero-order valence-electron chi connectivity index (χ0n) is 10.7. The first-order valence-corrected chi connectivity index (χ1v) is 5.94. The highest BCUT2D eigenvalue weighted by Crippen LogP contribution is 2.39. The summed E-state index contributed by atoms with van der Waals surface area (Å²) in [6.07, 6.45) is -2.90. The summed E-state index contributed by atoms with van der Waals surface area (Å²) in [6.45, 7) is 0. The standard InChI is InChI=1S/C13H11FO7/c14-21-10(17)7-13(6-9(15)16)12(18)19-11(20-13)8-4-2-1-3-5-8/h1-5,11H,6-7H2,(H,15,16). The van der Waals surface area contributed by atoms with Crippen LogP contribution in [0.25, 0.3) is 0 Å².